The molecule has 3 nitrogen and oxygen atoms in total. The number of piperidine rings is 1. The number of likely N-dealkylation sites (tertiary alicyclic amines) is 1. The second-order valence-corrected chi connectivity index (χ2v) is 7.81. The van der Waals surface area contributed by atoms with E-state index < -0.39 is 0 Å². The maximum atomic E-state index is 11.3. The molecule has 0 aromatic heterocycles. The fourth-order valence-corrected chi connectivity index (χ4v) is 5.05. The van der Waals surface area contributed by atoms with E-state index in [1.54, 1.807) is 7.11 Å². The minimum atomic E-state index is -0.298. The molecule has 0 spiro atoms. The van der Waals surface area contributed by atoms with Crippen molar-refractivity contribution in [1.82, 2.24) is 4.90 Å². The second-order valence-electron chi connectivity index (χ2n) is 7.81. The van der Waals surface area contributed by atoms with Crippen molar-refractivity contribution < 1.29 is 9.84 Å². The molecule has 138 valence electrons. The van der Waals surface area contributed by atoms with Gasteiger partial charge in [0.25, 0.3) is 0 Å². The Labute approximate surface area is 156 Å². The van der Waals surface area contributed by atoms with Crippen LogP contribution in [0.4, 0.5) is 0 Å². The predicted octanol–water partition coefficient (Wildman–Crippen LogP) is 3.79. The maximum absolute atomic E-state index is 11.3. The predicted molar refractivity (Wildman–Crippen MR) is 105 cm³/mol. The number of aliphatic hydroxyl groups is 1. The lowest BCUT2D eigenvalue weighted by Crippen LogP contribution is -2.62. The van der Waals surface area contributed by atoms with Gasteiger partial charge < -0.3 is 9.84 Å². The standard InChI is InChI=1S/C23H29NO2/c1-26-20-10-5-9-19(17-20)23-13-6-11-21(22(23)25)24(16-14-23)15-12-18-7-3-2-4-8-18/h2-5,7-10,17,21-22,25H,6,11-16H2,1H3/t21-,22+,23-/m1/s1. The molecule has 26 heavy (non-hydrogen) atoms. The van der Waals surface area contributed by atoms with Crippen LogP contribution in [-0.2, 0) is 11.8 Å². The van der Waals surface area contributed by atoms with E-state index in [0.717, 1.165) is 44.5 Å². The van der Waals surface area contributed by atoms with Gasteiger partial charge in [0.05, 0.1) is 13.2 Å². The number of rotatable bonds is 5. The summed E-state index contributed by atoms with van der Waals surface area (Å²) in [6.45, 7) is 2.09. The van der Waals surface area contributed by atoms with Crippen LogP contribution in [0.25, 0.3) is 0 Å². The fraction of sp³-hybridized carbons (Fsp3) is 0.478. The second kappa shape index (κ2) is 7.42. The summed E-state index contributed by atoms with van der Waals surface area (Å²) in [6, 6.07) is 19.3. The molecule has 1 aliphatic carbocycles. The van der Waals surface area contributed by atoms with Gasteiger partial charge in [-0.05, 0) is 55.5 Å². The largest absolute Gasteiger partial charge is 0.497 e. The number of hydrogen-bond donors (Lipinski definition) is 1. The molecule has 1 saturated heterocycles. The normalized spacial score (nSPS) is 28.7. The minimum absolute atomic E-state index is 0.110. The van der Waals surface area contributed by atoms with Crippen molar-refractivity contribution in [3.05, 3.63) is 65.7 Å². The van der Waals surface area contributed by atoms with Gasteiger partial charge in [-0.1, -0.05) is 48.9 Å². The number of benzene rings is 2. The first-order valence-corrected chi connectivity index (χ1v) is 9.83. The Bertz CT molecular complexity index is 732. The van der Waals surface area contributed by atoms with Gasteiger partial charge in [0.1, 0.15) is 5.75 Å². The number of ether oxygens (including phenoxy) is 1. The minimum Gasteiger partial charge on any atom is -0.497 e. The molecule has 0 radical (unpaired) electrons. The van der Waals surface area contributed by atoms with E-state index in [4.69, 9.17) is 4.74 Å². The van der Waals surface area contributed by atoms with Gasteiger partial charge >= 0.3 is 0 Å². The fourth-order valence-electron chi connectivity index (χ4n) is 5.05. The highest BCUT2D eigenvalue weighted by atomic mass is 16.5. The van der Waals surface area contributed by atoms with Crippen LogP contribution in [0.3, 0.4) is 0 Å². The quantitative estimate of drug-likeness (QED) is 0.889. The summed E-state index contributed by atoms with van der Waals surface area (Å²) in [6.07, 6.45) is 5.13. The van der Waals surface area contributed by atoms with E-state index in [1.807, 2.05) is 6.07 Å². The summed E-state index contributed by atoms with van der Waals surface area (Å²) >= 11 is 0. The highest BCUT2D eigenvalue weighted by molar-refractivity contribution is 5.37. The van der Waals surface area contributed by atoms with E-state index in [2.05, 4.69) is 53.4 Å². The van der Waals surface area contributed by atoms with Gasteiger partial charge in [-0.2, -0.15) is 0 Å². The number of methoxy groups -OCH3 is 1. The van der Waals surface area contributed by atoms with Crippen molar-refractivity contribution in [2.75, 3.05) is 20.2 Å². The summed E-state index contributed by atoms with van der Waals surface area (Å²) < 4.78 is 5.43. The van der Waals surface area contributed by atoms with Crippen molar-refractivity contribution in [3.8, 4) is 5.75 Å². The first kappa shape index (κ1) is 17.6. The van der Waals surface area contributed by atoms with Crippen LogP contribution in [0.15, 0.2) is 54.6 Å². The zero-order valence-corrected chi connectivity index (χ0v) is 15.6. The Morgan fingerprint density at radius 1 is 1.12 bits per heavy atom. The van der Waals surface area contributed by atoms with Crippen molar-refractivity contribution in [2.24, 2.45) is 0 Å². The Balaban J connectivity index is 1.52. The maximum Gasteiger partial charge on any atom is 0.119 e. The van der Waals surface area contributed by atoms with Crippen LogP contribution in [0.1, 0.15) is 36.8 Å². The van der Waals surface area contributed by atoms with Crippen LogP contribution < -0.4 is 4.74 Å². The summed E-state index contributed by atoms with van der Waals surface area (Å²) in [5.41, 5.74) is 2.51. The smallest absolute Gasteiger partial charge is 0.119 e. The van der Waals surface area contributed by atoms with Gasteiger partial charge in [-0.15, -0.1) is 0 Å². The highest BCUT2D eigenvalue weighted by Gasteiger charge is 2.50. The third-order valence-corrected chi connectivity index (χ3v) is 6.54. The average molecular weight is 351 g/mol. The van der Waals surface area contributed by atoms with E-state index >= 15 is 0 Å². The van der Waals surface area contributed by atoms with E-state index in [0.29, 0.717) is 0 Å². The molecule has 1 N–H and O–H groups in total. The van der Waals surface area contributed by atoms with Crippen molar-refractivity contribution in [3.63, 3.8) is 0 Å². The van der Waals surface area contributed by atoms with Gasteiger partial charge in [0.15, 0.2) is 0 Å². The first-order chi connectivity index (χ1) is 12.7. The Morgan fingerprint density at radius 2 is 1.96 bits per heavy atom. The molecular formula is C23H29NO2. The van der Waals surface area contributed by atoms with Crippen LogP contribution in [0.5, 0.6) is 5.75 Å². The van der Waals surface area contributed by atoms with E-state index in [9.17, 15) is 5.11 Å². The molecule has 2 bridgehead atoms. The molecule has 3 heteroatoms. The van der Waals surface area contributed by atoms with Crippen molar-refractivity contribution in [2.45, 2.75) is 49.7 Å². The number of hydrogen-bond acceptors (Lipinski definition) is 3. The average Bonchev–Trinajstić information content (AvgIpc) is 2.68. The lowest BCUT2D eigenvalue weighted by Gasteiger charge is -2.54. The highest BCUT2D eigenvalue weighted by Crippen LogP contribution is 2.47. The van der Waals surface area contributed by atoms with Crippen LogP contribution in [0, 0.1) is 0 Å². The Kier molecular flexibility index (Phi) is 5.01. The molecule has 2 aromatic rings. The number of fused-ring (bicyclic) bond motifs is 2. The van der Waals surface area contributed by atoms with Crippen LogP contribution in [-0.4, -0.2) is 42.4 Å². The van der Waals surface area contributed by atoms with Gasteiger partial charge in [-0.25, -0.2) is 0 Å². The molecule has 4 rings (SSSR count). The summed E-state index contributed by atoms with van der Waals surface area (Å²) in [7, 11) is 1.71. The third kappa shape index (κ3) is 3.15. The molecule has 3 atom stereocenters. The number of aliphatic hydroxyl groups excluding tert-OH is 1. The lowest BCUT2D eigenvalue weighted by molar-refractivity contribution is -0.0761. The van der Waals surface area contributed by atoms with Crippen molar-refractivity contribution in [1.29, 1.82) is 0 Å². The molecular weight excluding hydrogens is 322 g/mol. The SMILES string of the molecule is COc1cccc([C@]23CCC[C@H]([C@@H]2O)N(CCc2ccccc2)CC3)c1. The lowest BCUT2D eigenvalue weighted by atomic mass is 9.61. The molecule has 1 saturated carbocycles. The van der Waals surface area contributed by atoms with E-state index in [1.165, 1.54) is 17.5 Å². The first-order valence-electron chi connectivity index (χ1n) is 9.83. The van der Waals surface area contributed by atoms with Crippen molar-refractivity contribution >= 4 is 0 Å². The number of nitrogens with zero attached hydrogens (tertiary/aromatic N) is 1. The summed E-state index contributed by atoms with van der Waals surface area (Å²) in [5.74, 6) is 0.887. The monoisotopic (exact) mass is 351 g/mol. The molecule has 1 heterocycles. The zero-order chi connectivity index (χ0) is 18.0. The molecule has 2 fully saturated rings. The summed E-state index contributed by atoms with van der Waals surface area (Å²) in [4.78, 5) is 2.52. The van der Waals surface area contributed by atoms with E-state index in [-0.39, 0.29) is 17.6 Å². The molecule has 0 unspecified atom stereocenters. The van der Waals surface area contributed by atoms with Gasteiger partial charge in [-0.3, -0.25) is 4.90 Å². The molecule has 1 aliphatic heterocycles. The van der Waals surface area contributed by atoms with Gasteiger partial charge in [0, 0.05) is 18.0 Å². The topological polar surface area (TPSA) is 32.7 Å². The zero-order valence-electron chi connectivity index (χ0n) is 15.6. The van der Waals surface area contributed by atoms with Crippen LogP contribution in [0.2, 0.25) is 0 Å². The molecule has 2 aliphatic rings. The Morgan fingerprint density at radius 3 is 2.77 bits per heavy atom. The van der Waals surface area contributed by atoms with Crippen LogP contribution >= 0.6 is 0 Å². The Hall–Kier alpha value is -1.84. The third-order valence-electron chi connectivity index (χ3n) is 6.54. The molecule has 2 aromatic carbocycles. The van der Waals surface area contributed by atoms with Gasteiger partial charge in [0.2, 0.25) is 0 Å². The summed E-state index contributed by atoms with van der Waals surface area (Å²) in [5, 5.41) is 11.3. The molecule has 0 amide bonds.